The molecule has 0 unspecified atom stereocenters. The van der Waals surface area contributed by atoms with Crippen LogP contribution in [0.25, 0.3) is 0 Å². The number of benzene rings is 1. The third-order valence-electron chi connectivity index (χ3n) is 3.94. The first kappa shape index (κ1) is 15.1. The van der Waals surface area contributed by atoms with Crippen LogP contribution in [-0.4, -0.2) is 27.0 Å². The van der Waals surface area contributed by atoms with Gasteiger partial charge >= 0.3 is 5.97 Å². The molecule has 23 heavy (non-hydrogen) atoms. The molecule has 2 N–H and O–H groups in total. The summed E-state index contributed by atoms with van der Waals surface area (Å²) in [7, 11) is 0. The van der Waals surface area contributed by atoms with Gasteiger partial charge in [0, 0.05) is 24.4 Å². The van der Waals surface area contributed by atoms with Gasteiger partial charge < -0.3 is 10.4 Å². The second-order valence-corrected chi connectivity index (χ2v) is 5.70. The Morgan fingerprint density at radius 1 is 1.13 bits per heavy atom. The molecule has 1 aliphatic carbocycles. The van der Waals surface area contributed by atoms with Gasteiger partial charge in [-0.3, -0.25) is 9.59 Å². The lowest BCUT2D eigenvalue weighted by atomic mass is 10.1. The highest BCUT2D eigenvalue weighted by Crippen LogP contribution is 2.43. The highest BCUT2D eigenvalue weighted by Gasteiger charge is 2.48. The topological polar surface area (TPSA) is 92.2 Å². The largest absolute Gasteiger partial charge is 0.481 e. The Morgan fingerprint density at radius 2 is 1.78 bits per heavy atom. The number of carbonyl (C=O) groups is 2. The second kappa shape index (κ2) is 6.16. The Morgan fingerprint density at radius 3 is 2.35 bits per heavy atom. The van der Waals surface area contributed by atoms with Crippen LogP contribution in [-0.2, 0) is 16.8 Å². The Hall–Kier alpha value is -2.76. The molecule has 1 saturated carbocycles. The number of aryl methyl sites for hydroxylation is 1. The van der Waals surface area contributed by atoms with E-state index in [1.54, 1.807) is 42.7 Å². The predicted octanol–water partition coefficient (Wildman–Crippen LogP) is 1.91. The van der Waals surface area contributed by atoms with Gasteiger partial charge in [0.05, 0.1) is 0 Å². The minimum Gasteiger partial charge on any atom is -0.481 e. The van der Waals surface area contributed by atoms with E-state index in [2.05, 4.69) is 15.3 Å². The van der Waals surface area contributed by atoms with E-state index in [1.807, 2.05) is 0 Å². The standard InChI is InChI=1S/C17H17N3O3/c21-14(22)7-4-12-2-5-13(6-3-12)15(23)20-17(8-9-17)16-18-10-1-11-19-16/h1-3,5-6,10-11H,4,7-9H2,(H,20,23)(H,21,22). The molecule has 0 bridgehead atoms. The number of carboxylic acids is 1. The number of hydrogen-bond acceptors (Lipinski definition) is 4. The summed E-state index contributed by atoms with van der Waals surface area (Å²) in [5.74, 6) is -0.350. The zero-order valence-corrected chi connectivity index (χ0v) is 12.5. The molecule has 0 atom stereocenters. The molecular weight excluding hydrogens is 294 g/mol. The molecule has 2 aromatic rings. The van der Waals surface area contributed by atoms with Crippen molar-refractivity contribution in [1.29, 1.82) is 0 Å². The molecule has 1 aliphatic rings. The van der Waals surface area contributed by atoms with Gasteiger partial charge in [0.15, 0.2) is 5.82 Å². The van der Waals surface area contributed by atoms with E-state index >= 15 is 0 Å². The summed E-state index contributed by atoms with van der Waals surface area (Å²) in [5, 5.41) is 11.7. The number of hydrogen-bond donors (Lipinski definition) is 2. The fraction of sp³-hybridized carbons (Fsp3) is 0.294. The van der Waals surface area contributed by atoms with Crippen molar-refractivity contribution in [2.45, 2.75) is 31.2 Å². The van der Waals surface area contributed by atoms with Crippen molar-refractivity contribution in [3.63, 3.8) is 0 Å². The number of nitrogens with zero attached hydrogens (tertiary/aromatic N) is 2. The molecule has 1 fully saturated rings. The lowest BCUT2D eigenvalue weighted by Crippen LogP contribution is -2.36. The minimum absolute atomic E-state index is 0.0833. The predicted molar refractivity (Wildman–Crippen MR) is 82.8 cm³/mol. The van der Waals surface area contributed by atoms with Crippen LogP contribution in [0.3, 0.4) is 0 Å². The zero-order valence-electron chi connectivity index (χ0n) is 12.5. The van der Waals surface area contributed by atoms with Gasteiger partial charge in [-0.25, -0.2) is 9.97 Å². The van der Waals surface area contributed by atoms with Crippen molar-refractivity contribution in [2.75, 3.05) is 0 Å². The van der Waals surface area contributed by atoms with Crippen LogP contribution < -0.4 is 5.32 Å². The number of amides is 1. The monoisotopic (exact) mass is 311 g/mol. The summed E-state index contributed by atoms with van der Waals surface area (Å²) in [5.41, 5.74) is 1.00. The molecule has 0 spiro atoms. The first-order valence-electron chi connectivity index (χ1n) is 7.50. The van der Waals surface area contributed by atoms with Crippen LogP contribution in [0.1, 0.15) is 41.0 Å². The van der Waals surface area contributed by atoms with Gasteiger partial charge in [-0.15, -0.1) is 0 Å². The molecule has 0 saturated heterocycles. The maximum Gasteiger partial charge on any atom is 0.303 e. The summed E-state index contributed by atoms with van der Waals surface area (Å²) in [6, 6.07) is 8.76. The van der Waals surface area contributed by atoms with Crippen LogP contribution in [0, 0.1) is 0 Å². The molecule has 1 aromatic carbocycles. The SMILES string of the molecule is O=C(O)CCc1ccc(C(=O)NC2(c3ncccn3)CC2)cc1. The van der Waals surface area contributed by atoms with Crippen molar-refractivity contribution in [3.8, 4) is 0 Å². The lowest BCUT2D eigenvalue weighted by molar-refractivity contribution is -0.136. The van der Waals surface area contributed by atoms with Crippen molar-refractivity contribution >= 4 is 11.9 Å². The van der Waals surface area contributed by atoms with E-state index in [1.165, 1.54) is 0 Å². The van der Waals surface area contributed by atoms with Gasteiger partial charge in [-0.2, -0.15) is 0 Å². The number of carbonyl (C=O) groups excluding carboxylic acids is 1. The van der Waals surface area contributed by atoms with Crippen LogP contribution in [0.15, 0.2) is 42.7 Å². The van der Waals surface area contributed by atoms with Crippen LogP contribution in [0.4, 0.5) is 0 Å². The second-order valence-electron chi connectivity index (χ2n) is 5.70. The van der Waals surface area contributed by atoms with Gasteiger partial charge in [0.25, 0.3) is 5.91 Å². The van der Waals surface area contributed by atoms with Crippen LogP contribution >= 0.6 is 0 Å². The number of rotatable bonds is 6. The zero-order chi connectivity index (χ0) is 16.3. The summed E-state index contributed by atoms with van der Waals surface area (Å²) in [4.78, 5) is 31.4. The van der Waals surface area contributed by atoms with E-state index in [0.717, 1.165) is 18.4 Å². The molecule has 0 aliphatic heterocycles. The maximum absolute atomic E-state index is 12.4. The van der Waals surface area contributed by atoms with E-state index in [-0.39, 0.29) is 12.3 Å². The van der Waals surface area contributed by atoms with E-state index in [0.29, 0.717) is 17.8 Å². The fourth-order valence-electron chi connectivity index (χ4n) is 2.44. The molecule has 0 radical (unpaired) electrons. The Labute approximate surface area is 133 Å². The number of aromatic nitrogens is 2. The molecule has 1 aromatic heterocycles. The van der Waals surface area contributed by atoms with Crippen molar-refractivity contribution < 1.29 is 14.7 Å². The summed E-state index contributed by atoms with van der Waals surface area (Å²) >= 11 is 0. The third kappa shape index (κ3) is 3.53. The number of aliphatic carboxylic acids is 1. The molecule has 6 heteroatoms. The van der Waals surface area contributed by atoms with Gasteiger partial charge in [-0.1, -0.05) is 12.1 Å². The summed E-state index contributed by atoms with van der Waals surface area (Å²) in [6.45, 7) is 0. The van der Waals surface area contributed by atoms with Crippen LogP contribution in [0.5, 0.6) is 0 Å². The van der Waals surface area contributed by atoms with E-state index < -0.39 is 11.5 Å². The average Bonchev–Trinajstić information content (AvgIpc) is 3.35. The fourth-order valence-corrected chi connectivity index (χ4v) is 2.44. The molecule has 1 amide bonds. The van der Waals surface area contributed by atoms with Gasteiger partial charge in [-0.05, 0) is 43.0 Å². The quantitative estimate of drug-likeness (QED) is 0.850. The first-order valence-corrected chi connectivity index (χ1v) is 7.50. The van der Waals surface area contributed by atoms with Crippen LogP contribution in [0.2, 0.25) is 0 Å². The Bertz CT molecular complexity index is 710. The smallest absolute Gasteiger partial charge is 0.303 e. The summed E-state index contributed by atoms with van der Waals surface area (Å²) in [6.07, 6.45) is 5.55. The third-order valence-corrected chi connectivity index (χ3v) is 3.94. The normalized spacial score (nSPS) is 15.0. The van der Waals surface area contributed by atoms with E-state index in [9.17, 15) is 9.59 Å². The van der Waals surface area contributed by atoms with Crippen molar-refractivity contribution in [3.05, 3.63) is 59.7 Å². The Kier molecular flexibility index (Phi) is 4.06. The molecule has 6 nitrogen and oxygen atoms in total. The molecule has 118 valence electrons. The Balaban J connectivity index is 1.66. The highest BCUT2D eigenvalue weighted by molar-refractivity contribution is 5.95. The maximum atomic E-state index is 12.4. The minimum atomic E-state index is -0.828. The van der Waals surface area contributed by atoms with Gasteiger partial charge in [0.2, 0.25) is 0 Å². The number of nitrogens with one attached hydrogen (secondary N) is 1. The average molecular weight is 311 g/mol. The van der Waals surface area contributed by atoms with E-state index in [4.69, 9.17) is 5.11 Å². The first-order chi connectivity index (χ1) is 11.1. The summed E-state index contributed by atoms with van der Waals surface area (Å²) < 4.78 is 0. The van der Waals surface area contributed by atoms with Gasteiger partial charge in [0.1, 0.15) is 5.54 Å². The van der Waals surface area contributed by atoms with Crippen molar-refractivity contribution in [1.82, 2.24) is 15.3 Å². The van der Waals surface area contributed by atoms with Crippen molar-refractivity contribution in [2.24, 2.45) is 0 Å². The molecular formula is C17H17N3O3. The molecule has 3 rings (SSSR count). The lowest BCUT2D eigenvalue weighted by Gasteiger charge is -2.15. The number of carboxylic acid groups (broad SMARTS) is 1. The molecule has 1 heterocycles. The highest BCUT2D eigenvalue weighted by atomic mass is 16.4.